The van der Waals surface area contributed by atoms with Gasteiger partial charge in [0.2, 0.25) is 0 Å². The lowest BCUT2D eigenvalue weighted by molar-refractivity contribution is -0.123. The van der Waals surface area contributed by atoms with Crippen LogP contribution < -0.4 is 10.1 Å². The Balaban J connectivity index is 1.43. The number of benzene rings is 2. The van der Waals surface area contributed by atoms with E-state index in [2.05, 4.69) is 15.4 Å². The van der Waals surface area contributed by atoms with Crippen LogP contribution in [0, 0.1) is 0 Å². The lowest BCUT2D eigenvalue weighted by Gasteiger charge is -2.08. The predicted octanol–water partition coefficient (Wildman–Crippen LogP) is 2.68. The fourth-order valence-electron chi connectivity index (χ4n) is 2.20. The van der Waals surface area contributed by atoms with Crippen LogP contribution in [0.25, 0.3) is 0 Å². The van der Waals surface area contributed by atoms with Crippen molar-refractivity contribution in [2.75, 3.05) is 6.61 Å². The van der Waals surface area contributed by atoms with Crippen molar-refractivity contribution in [1.82, 2.24) is 20.1 Å². The minimum atomic E-state index is -0.179. The Morgan fingerprint density at radius 2 is 1.80 bits per heavy atom. The second-order valence-corrected chi connectivity index (χ2v) is 5.87. The molecule has 1 aromatic heterocycles. The summed E-state index contributed by atoms with van der Waals surface area (Å²) in [5.41, 5.74) is 2.13. The molecular weight excluding hydrogens is 340 g/mol. The molecule has 1 heterocycles. The first-order valence-electron chi connectivity index (χ1n) is 7.74. The van der Waals surface area contributed by atoms with E-state index in [1.165, 1.54) is 6.33 Å². The third-order valence-electron chi connectivity index (χ3n) is 3.51. The first-order chi connectivity index (χ1) is 12.2. The molecule has 0 aliphatic heterocycles. The van der Waals surface area contributed by atoms with E-state index >= 15 is 0 Å². The van der Waals surface area contributed by atoms with Gasteiger partial charge in [-0.15, -0.1) is 0 Å². The van der Waals surface area contributed by atoms with Crippen LogP contribution >= 0.6 is 11.6 Å². The van der Waals surface area contributed by atoms with Crippen LogP contribution in [-0.2, 0) is 17.9 Å². The summed E-state index contributed by atoms with van der Waals surface area (Å²) in [4.78, 5) is 15.8. The standard InChI is InChI=1S/C18H17ClN4O2/c19-16-5-7-17(8-6-16)25-11-18(24)21-9-14-1-3-15(4-2-14)10-23-13-20-12-22-23/h1-8,12-13H,9-11H2,(H,21,24). The van der Waals surface area contributed by atoms with Gasteiger partial charge in [-0.2, -0.15) is 5.10 Å². The number of carbonyl (C=O) groups is 1. The maximum atomic E-state index is 11.9. The summed E-state index contributed by atoms with van der Waals surface area (Å²) >= 11 is 5.80. The molecule has 6 nitrogen and oxygen atoms in total. The lowest BCUT2D eigenvalue weighted by Crippen LogP contribution is -2.28. The van der Waals surface area contributed by atoms with Crippen LogP contribution in [0.1, 0.15) is 11.1 Å². The molecule has 3 aromatic rings. The van der Waals surface area contributed by atoms with E-state index in [4.69, 9.17) is 16.3 Å². The zero-order valence-electron chi connectivity index (χ0n) is 13.4. The van der Waals surface area contributed by atoms with E-state index in [1.54, 1.807) is 35.3 Å². The summed E-state index contributed by atoms with van der Waals surface area (Å²) in [5.74, 6) is 0.429. The summed E-state index contributed by atoms with van der Waals surface area (Å²) < 4.78 is 7.16. The fourth-order valence-corrected chi connectivity index (χ4v) is 2.32. The number of nitrogens with zero attached hydrogens (tertiary/aromatic N) is 3. The van der Waals surface area contributed by atoms with Crippen molar-refractivity contribution in [3.05, 3.63) is 77.3 Å². The number of rotatable bonds is 7. The molecule has 0 radical (unpaired) electrons. The Bertz CT molecular complexity index is 802. The first-order valence-corrected chi connectivity index (χ1v) is 8.12. The highest BCUT2D eigenvalue weighted by molar-refractivity contribution is 6.30. The Hall–Kier alpha value is -2.86. The number of hydrogen-bond acceptors (Lipinski definition) is 4. The molecule has 0 aliphatic rings. The Morgan fingerprint density at radius 3 is 2.48 bits per heavy atom. The highest BCUT2D eigenvalue weighted by Crippen LogP contribution is 2.15. The minimum Gasteiger partial charge on any atom is -0.484 e. The van der Waals surface area contributed by atoms with E-state index < -0.39 is 0 Å². The smallest absolute Gasteiger partial charge is 0.258 e. The van der Waals surface area contributed by atoms with E-state index in [0.29, 0.717) is 23.9 Å². The van der Waals surface area contributed by atoms with Crippen molar-refractivity contribution >= 4 is 17.5 Å². The van der Waals surface area contributed by atoms with Crippen LogP contribution in [0.5, 0.6) is 5.75 Å². The summed E-state index contributed by atoms with van der Waals surface area (Å²) in [5, 5.41) is 7.53. The predicted molar refractivity (Wildman–Crippen MR) is 94.4 cm³/mol. The highest BCUT2D eigenvalue weighted by Gasteiger charge is 2.03. The zero-order valence-corrected chi connectivity index (χ0v) is 14.2. The molecule has 25 heavy (non-hydrogen) atoms. The monoisotopic (exact) mass is 356 g/mol. The van der Waals surface area contributed by atoms with Crippen molar-refractivity contribution in [3.8, 4) is 5.75 Å². The van der Waals surface area contributed by atoms with Crippen molar-refractivity contribution < 1.29 is 9.53 Å². The molecule has 128 valence electrons. The first kappa shape index (κ1) is 17.0. The average Bonchev–Trinajstić information content (AvgIpc) is 3.14. The van der Waals surface area contributed by atoms with Gasteiger partial charge in [-0.05, 0) is 35.4 Å². The van der Waals surface area contributed by atoms with Crippen molar-refractivity contribution in [3.63, 3.8) is 0 Å². The zero-order chi connectivity index (χ0) is 17.5. The topological polar surface area (TPSA) is 69.0 Å². The molecule has 0 unspecified atom stereocenters. The SMILES string of the molecule is O=C(COc1ccc(Cl)cc1)NCc1ccc(Cn2cncn2)cc1. The molecule has 0 aliphatic carbocycles. The van der Waals surface area contributed by atoms with Crippen LogP contribution in [0.4, 0.5) is 0 Å². The molecule has 0 saturated carbocycles. The normalized spacial score (nSPS) is 10.4. The largest absolute Gasteiger partial charge is 0.484 e. The van der Waals surface area contributed by atoms with Gasteiger partial charge in [-0.3, -0.25) is 4.79 Å². The van der Waals surface area contributed by atoms with Gasteiger partial charge >= 0.3 is 0 Å². The molecule has 3 rings (SSSR count). The molecule has 0 fully saturated rings. The Morgan fingerprint density at radius 1 is 1.08 bits per heavy atom. The van der Waals surface area contributed by atoms with E-state index in [-0.39, 0.29) is 12.5 Å². The van der Waals surface area contributed by atoms with Gasteiger partial charge in [0.25, 0.3) is 5.91 Å². The van der Waals surface area contributed by atoms with Crippen LogP contribution in [0.2, 0.25) is 5.02 Å². The van der Waals surface area contributed by atoms with Gasteiger partial charge in [-0.1, -0.05) is 35.9 Å². The van der Waals surface area contributed by atoms with E-state index in [0.717, 1.165) is 11.1 Å². The molecular formula is C18H17ClN4O2. The maximum absolute atomic E-state index is 11.9. The van der Waals surface area contributed by atoms with E-state index in [1.807, 2.05) is 24.3 Å². The molecule has 0 saturated heterocycles. The summed E-state index contributed by atoms with van der Waals surface area (Å²) in [6, 6.07) is 14.9. The molecule has 7 heteroatoms. The van der Waals surface area contributed by atoms with Gasteiger partial charge in [0.15, 0.2) is 6.61 Å². The summed E-state index contributed by atoms with van der Waals surface area (Å²) in [6.45, 7) is 1.08. The summed E-state index contributed by atoms with van der Waals surface area (Å²) in [6.07, 6.45) is 3.19. The number of hydrogen-bond donors (Lipinski definition) is 1. The third-order valence-corrected chi connectivity index (χ3v) is 3.76. The number of halogens is 1. The summed E-state index contributed by atoms with van der Waals surface area (Å²) in [7, 11) is 0. The van der Waals surface area contributed by atoms with Crippen LogP contribution in [-0.4, -0.2) is 27.3 Å². The van der Waals surface area contributed by atoms with Crippen molar-refractivity contribution in [2.45, 2.75) is 13.1 Å². The van der Waals surface area contributed by atoms with Gasteiger partial charge in [0.05, 0.1) is 6.54 Å². The number of amides is 1. The lowest BCUT2D eigenvalue weighted by atomic mass is 10.1. The number of nitrogens with one attached hydrogen (secondary N) is 1. The number of ether oxygens (including phenoxy) is 1. The molecule has 0 bridgehead atoms. The molecule has 0 spiro atoms. The van der Waals surface area contributed by atoms with Crippen LogP contribution in [0.15, 0.2) is 61.2 Å². The number of carbonyl (C=O) groups excluding carboxylic acids is 1. The Labute approximate surface area is 150 Å². The van der Waals surface area contributed by atoms with Crippen molar-refractivity contribution in [1.29, 1.82) is 0 Å². The highest BCUT2D eigenvalue weighted by atomic mass is 35.5. The van der Waals surface area contributed by atoms with Gasteiger partial charge < -0.3 is 10.1 Å². The van der Waals surface area contributed by atoms with E-state index in [9.17, 15) is 4.79 Å². The molecule has 0 atom stereocenters. The van der Waals surface area contributed by atoms with Gasteiger partial charge in [0.1, 0.15) is 18.4 Å². The minimum absolute atomic E-state index is 0.0357. The second kappa shape index (κ2) is 8.30. The quantitative estimate of drug-likeness (QED) is 0.706. The molecule has 1 N–H and O–H groups in total. The number of aromatic nitrogens is 3. The third kappa shape index (κ3) is 5.32. The van der Waals surface area contributed by atoms with Crippen LogP contribution in [0.3, 0.4) is 0 Å². The Kier molecular flexibility index (Phi) is 5.64. The molecule has 1 amide bonds. The van der Waals surface area contributed by atoms with Gasteiger partial charge in [0, 0.05) is 11.6 Å². The van der Waals surface area contributed by atoms with Crippen molar-refractivity contribution in [2.24, 2.45) is 0 Å². The second-order valence-electron chi connectivity index (χ2n) is 5.43. The fraction of sp³-hybridized carbons (Fsp3) is 0.167. The maximum Gasteiger partial charge on any atom is 0.258 e. The van der Waals surface area contributed by atoms with Gasteiger partial charge in [-0.25, -0.2) is 9.67 Å². The molecule has 2 aromatic carbocycles. The average molecular weight is 357 g/mol.